The molecule has 21 heavy (non-hydrogen) atoms. The summed E-state index contributed by atoms with van der Waals surface area (Å²) in [6, 6.07) is 14.6. The number of carbonyl (C=O) groups excluding carboxylic acids is 1. The summed E-state index contributed by atoms with van der Waals surface area (Å²) >= 11 is 1.53. The number of nitrogens with one attached hydrogen (secondary N) is 1. The lowest BCUT2D eigenvalue weighted by molar-refractivity contribution is 0.0952. The Morgan fingerprint density at radius 2 is 1.90 bits per heavy atom. The predicted molar refractivity (Wildman–Crippen MR) is 85.0 cm³/mol. The van der Waals surface area contributed by atoms with E-state index in [0.717, 1.165) is 15.6 Å². The molecule has 3 aromatic rings. The SMILES string of the molecule is O=C(N/N=C/c1cccs1)c1cc2ccccc2cc1O. The van der Waals surface area contributed by atoms with E-state index >= 15 is 0 Å². The Morgan fingerprint density at radius 1 is 1.14 bits per heavy atom. The molecule has 0 atom stereocenters. The van der Waals surface area contributed by atoms with Crippen molar-refractivity contribution in [3.8, 4) is 5.75 Å². The number of hydrogen-bond acceptors (Lipinski definition) is 4. The fourth-order valence-electron chi connectivity index (χ4n) is 1.99. The topological polar surface area (TPSA) is 61.7 Å². The van der Waals surface area contributed by atoms with Crippen molar-refractivity contribution in [1.29, 1.82) is 0 Å². The van der Waals surface area contributed by atoms with Crippen molar-refractivity contribution in [1.82, 2.24) is 5.43 Å². The number of hydrogen-bond donors (Lipinski definition) is 2. The second-order valence-electron chi connectivity index (χ2n) is 4.43. The average Bonchev–Trinajstić information content (AvgIpc) is 2.99. The maximum atomic E-state index is 12.1. The van der Waals surface area contributed by atoms with Gasteiger partial charge in [0, 0.05) is 4.88 Å². The Hall–Kier alpha value is -2.66. The van der Waals surface area contributed by atoms with E-state index in [1.165, 1.54) is 11.3 Å². The zero-order valence-corrected chi connectivity index (χ0v) is 11.8. The molecule has 0 radical (unpaired) electrons. The molecular formula is C16H12N2O2S. The van der Waals surface area contributed by atoms with Gasteiger partial charge in [-0.1, -0.05) is 30.3 Å². The van der Waals surface area contributed by atoms with Gasteiger partial charge in [-0.25, -0.2) is 5.43 Å². The summed E-state index contributed by atoms with van der Waals surface area (Å²) in [4.78, 5) is 13.0. The van der Waals surface area contributed by atoms with Crippen molar-refractivity contribution < 1.29 is 9.90 Å². The van der Waals surface area contributed by atoms with Crippen LogP contribution >= 0.6 is 11.3 Å². The molecule has 0 fully saturated rings. The van der Waals surface area contributed by atoms with Crippen LogP contribution in [0.3, 0.4) is 0 Å². The lowest BCUT2D eigenvalue weighted by atomic mass is 10.1. The van der Waals surface area contributed by atoms with Crippen LogP contribution in [0, 0.1) is 0 Å². The van der Waals surface area contributed by atoms with Crippen LogP contribution in [0.15, 0.2) is 59.0 Å². The molecule has 3 rings (SSSR count). The molecule has 4 nitrogen and oxygen atoms in total. The Bertz CT molecular complexity index is 810. The van der Waals surface area contributed by atoms with Crippen LogP contribution in [-0.2, 0) is 0 Å². The monoisotopic (exact) mass is 296 g/mol. The number of aromatic hydroxyl groups is 1. The number of fused-ring (bicyclic) bond motifs is 1. The second-order valence-corrected chi connectivity index (χ2v) is 5.41. The zero-order chi connectivity index (χ0) is 14.7. The summed E-state index contributed by atoms with van der Waals surface area (Å²) in [5.74, 6) is -0.497. The molecule has 0 aliphatic carbocycles. The lowest BCUT2D eigenvalue weighted by Gasteiger charge is -2.05. The van der Waals surface area contributed by atoms with Gasteiger partial charge in [0.2, 0.25) is 0 Å². The highest BCUT2D eigenvalue weighted by atomic mass is 32.1. The van der Waals surface area contributed by atoms with E-state index in [1.807, 2.05) is 41.8 Å². The first-order valence-corrected chi connectivity index (χ1v) is 7.21. The average molecular weight is 296 g/mol. The minimum absolute atomic E-state index is 0.0578. The van der Waals surface area contributed by atoms with Gasteiger partial charge >= 0.3 is 0 Å². The zero-order valence-electron chi connectivity index (χ0n) is 11.0. The summed E-state index contributed by atoms with van der Waals surface area (Å²) < 4.78 is 0. The maximum absolute atomic E-state index is 12.1. The standard InChI is InChI=1S/C16H12N2O2S/c19-15-9-12-5-2-1-4-11(12)8-14(15)16(20)18-17-10-13-6-3-7-21-13/h1-10,19H,(H,18,20)/b17-10+. The van der Waals surface area contributed by atoms with Gasteiger partial charge in [0.25, 0.3) is 5.91 Å². The first-order chi connectivity index (χ1) is 10.2. The van der Waals surface area contributed by atoms with Crippen molar-refractivity contribution in [3.63, 3.8) is 0 Å². The lowest BCUT2D eigenvalue weighted by Crippen LogP contribution is -2.17. The fourth-order valence-corrected chi connectivity index (χ4v) is 2.57. The Labute approximate surface area is 125 Å². The molecule has 0 aliphatic heterocycles. The summed E-state index contributed by atoms with van der Waals surface area (Å²) in [6.45, 7) is 0. The Kier molecular flexibility index (Phi) is 3.66. The molecule has 0 unspecified atom stereocenters. The van der Waals surface area contributed by atoms with Gasteiger partial charge in [-0.15, -0.1) is 11.3 Å². The molecular weight excluding hydrogens is 284 g/mol. The highest BCUT2D eigenvalue weighted by Crippen LogP contribution is 2.24. The molecule has 0 saturated heterocycles. The third-order valence-corrected chi connectivity index (χ3v) is 3.82. The number of phenols is 1. The van der Waals surface area contributed by atoms with Gasteiger partial charge in [0.15, 0.2) is 0 Å². The molecule has 0 spiro atoms. The van der Waals surface area contributed by atoms with E-state index in [4.69, 9.17) is 0 Å². The molecule has 1 amide bonds. The number of benzene rings is 2. The van der Waals surface area contributed by atoms with E-state index in [-0.39, 0.29) is 11.3 Å². The van der Waals surface area contributed by atoms with Crippen LogP contribution in [0.1, 0.15) is 15.2 Å². The molecule has 5 heteroatoms. The number of phenolic OH excluding ortho intramolecular Hbond substituents is 1. The van der Waals surface area contributed by atoms with E-state index in [2.05, 4.69) is 10.5 Å². The first kappa shape index (κ1) is 13.3. The van der Waals surface area contributed by atoms with Crippen LogP contribution in [-0.4, -0.2) is 17.2 Å². The van der Waals surface area contributed by atoms with Crippen molar-refractivity contribution in [2.45, 2.75) is 0 Å². The van der Waals surface area contributed by atoms with Crippen molar-refractivity contribution in [2.24, 2.45) is 5.10 Å². The normalized spacial score (nSPS) is 11.0. The minimum Gasteiger partial charge on any atom is -0.507 e. The largest absolute Gasteiger partial charge is 0.507 e. The van der Waals surface area contributed by atoms with Crippen molar-refractivity contribution in [2.75, 3.05) is 0 Å². The number of nitrogens with zero attached hydrogens (tertiary/aromatic N) is 1. The summed E-state index contributed by atoms with van der Waals surface area (Å²) in [7, 11) is 0. The Balaban J connectivity index is 1.82. The Morgan fingerprint density at radius 3 is 2.62 bits per heavy atom. The van der Waals surface area contributed by atoms with Crippen LogP contribution in [0.5, 0.6) is 5.75 Å². The summed E-state index contributed by atoms with van der Waals surface area (Å²) in [5.41, 5.74) is 2.63. The first-order valence-electron chi connectivity index (χ1n) is 6.33. The van der Waals surface area contributed by atoms with Crippen molar-refractivity contribution >= 4 is 34.2 Å². The van der Waals surface area contributed by atoms with E-state index < -0.39 is 5.91 Å². The second kappa shape index (κ2) is 5.76. The molecule has 1 heterocycles. The molecule has 0 bridgehead atoms. The van der Waals surface area contributed by atoms with E-state index in [0.29, 0.717) is 0 Å². The molecule has 2 aromatic carbocycles. The van der Waals surface area contributed by atoms with Crippen LogP contribution in [0.25, 0.3) is 10.8 Å². The number of thiophene rings is 1. The van der Waals surface area contributed by atoms with Crippen LogP contribution < -0.4 is 5.43 Å². The summed E-state index contributed by atoms with van der Waals surface area (Å²) in [5, 5.41) is 17.5. The molecule has 2 N–H and O–H groups in total. The van der Waals surface area contributed by atoms with Crippen LogP contribution in [0.4, 0.5) is 0 Å². The third-order valence-electron chi connectivity index (χ3n) is 3.01. The summed E-state index contributed by atoms with van der Waals surface area (Å²) in [6.07, 6.45) is 1.57. The number of hydrazone groups is 1. The highest BCUT2D eigenvalue weighted by Gasteiger charge is 2.11. The van der Waals surface area contributed by atoms with Crippen molar-refractivity contribution in [3.05, 3.63) is 64.4 Å². The molecule has 0 aliphatic rings. The van der Waals surface area contributed by atoms with Gasteiger partial charge in [0.1, 0.15) is 5.75 Å². The van der Waals surface area contributed by atoms with Gasteiger partial charge in [0.05, 0.1) is 11.8 Å². The van der Waals surface area contributed by atoms with Gasteiger partial charge < -0.3 is 5.11 Å². The quantitative estimate of drug-likeness (QED) is 0.575. The highest BCUT2D eigenvalue weighted by molar-refractivity contribution is 7.11. The number of amides is 1. The van der Waals surface area contributed by atoms with Crippen LogP contribution in [0.2, 0.25) is 0 Å². The maximum Gasteiger partial charge on any atom is 0.275 e. The minimum atomic E-state index is -0.439. The predicted octanol–water partition coefficient (Wildman–Crippen LogP) is 3.37. The van der Waals surface area contributed by atoms with E-state index in [9.17, 15) is 9.90 Å². The molecule has 104 valence electrons. The fraction of sp³-hybridized carbons (Fsp3) is 0. The number of carbonyl (C=O) groups is 1. The third kappa shape index (κ3) is 2.93. The molecule has 1 aromatic heterocycles. The molecule has 0 saturated carbocycles. The van der Waals surface area contributed by atoms with Gasteiger partial charge in [-0.2, -0.15) is 5.10 Å². The van der Waals surface area contributed by atoms with Gasteiger partial charge in [-0.05, 0) is 34.4 Å². The van der Waals surface area contributed by atoms with Gasteiger partial charge in [-0.3, -0.25) is 4.79 Å². The smallest absolute Gasteiger partial charge is 0.275 e. The number of rotatable bonds is 3. The van der Waals surface area contributed by atoms with E-state index in [1.54, 1.807) is 18.3 Å².